The van der Waals surface area contributed by atoms with Crippen LogP contribution in [0.2, 0.25) is 0 Å². The van der Waals surface area contributed by atoms with E-state index in [1.807, 2.05) is 34.6 Å². The van der Waals surface area contributed by atoms with Crippen LogP contribution < -0.4 is 5.32 Å². The first-order chi connectivity index (χ1) is 7.25. The predicted octanol–water partition coefficient (Wildman–Crippen LogP) is 3.60. The molecule has 2 rings (SSSR count). The molecule has 0 spiro atoms. The minimum atomic E-state index is 0.914. The molecule has 0 aliphatic carbocycles. The van der Waals surface area contributed by atoms with Crippen molar-refractivity contribution in [3.8, 4) is 0 Å². The molecule has 0 fully saturated rings. The first-order valence-electron chi connectivity index (χ1n) is 5.73. The number of hydrogen-bond donors (Lipinski definition) is 2. The van der Waals surface area contributed by atoms with Gasteiger partial charge in [-0.1, -0.05) is 33.3 Å². The molecule has 1 aromatic heterocycles. The van der Waals surface area contributed by atoms with E-state index < -0.39 is 0 Å². The van der Waals surface area contributed by atoms with Gasteiger partial charge in [-0.3, -0.25) is 0 Å². The Morgan fingerprint density at radius 3 is 2.33 bits per heavy atom. The second kappa shape index (κ2) is 7.10. The fraction of sp³-hybridized carbons (Fsp3) is 0.583. The number of imidazole rings is 1. The first-order valence-corrected chi connectivity index (χ1v) is 5.73. The number of nitrogens with zero attached hydrogens (tertiary/aromatic N) is 1. The third-order valence-corrected chi connectivity index (χ3v) is 1.78. The van der Waals surface area contributed by atoms with Crippen molar-refractivity contribution >= 4 is 11.9 Å². The van der Waals surface area contributed by atoms with E-state index in [1.54, 1.807) is 0 Å². The minimum absolute atomic E-state index is 0.914. The van der Waals surface area contributed by atoms with Gasteiger partial charge in [0.2, 0.25) is 0 Å². The molecule has 1 aliphatic heterocycles. The number of aromatic amines is 1. The zero-order valence-corrected chi connectivity index (χ0v) is 10.7. The van der Waals surface area contributed by atoms with E-state index in [-0.39, 0.29) is 0 Å². The number of H-pyrrole nitrogens is 1. The predicted molar refractivity (Wildman–Crippen MR) is 68.2 cm³/mol. The Morgan fingerprint density at radius 1 is 1.13 bits per heavy atom. The SMILES string of the molecule is CC.CC.CC1=Cc2[nH]c(C)nc2NC1. The summed E-state index contributed by atoms with van der Waals surface area (Å²) in [5.74, 6) is 1.95. The molecule has 1 aromatic rings. The van der Waals surface area contributed by atoms with Crippen LogP contribution in [-0.2, 0) is 0 Å². The standard InChI is InChI=1S/C8H11N3.2C2H6/c1-5-3-7-8(9-4-5)11-6(2)10-7;2*1-2/h3,9H,4H2,1-2H3,(H,10,11);2*1-2H3. The van der Waals surface area contributed by atoms with Crippen LogP contribution in [0.1, 0.15) is 46.1 Å². The second-order valence-corrected chi connectivity index (χ2v) is 2.93. The van der Waals surface area contributed by atoms with Crippen LogP contribution in [0.15, 0.2) is 5.57 Å². The van der Waals surface area contributed by atoms with Crippen molar-refractivity contribution in [3.05, 3.63) is 17.1 Å². The summed E-state index contributed by atoms with van der Waals surface area (Å²) in [5.41, 5.74) is 2.44. The highest BCUT2D eigenvalue weighted by atomic mass is 15.1. The number of aryl methyl sites for hydroxylation is 1. The lowest BCUT2D eigenvalue weighted by molar-refractivity contribution is 1.14. The normalized spacial score (nSPS) is 12.0. The summed E-state index contributed by atoms with van der Waals surface area (Å²) in [6.07, 6.45) is 2.13. The molecule has 0 radical (unpaired) electrons. The van der Waals surface area contributed by atoms with Crippen LogP contribution in [0.3, 0.4) is 0 Å². The summed E-state index contributed by atoms with van der Waals surface area (Å²) in [4.78, 5) is 7.45. The van der Waals surface area contributed by atoms with Gasteiger partial charge in [-0.25, -0.2) is 4.98 Å². The molecule has 15 heavy (non-hydrogen) atoms. The van der Waals surface area contributed by atoms with Gasteiger partial charge in [-0.2, -0.15) is 0 Å². The molecule has 0 amide bonds. The van der Waals surface area contributed by atoms with E-state index in [2.05, 4.69) is 28.3 Å². The van der Waals surface area contributed by atoms with E-state index >= 15 is 0 Å². The quantitative estimate of drug-likeness (QED) is 0.685. The van der Waals surface area contributed by atoms with Gasteiger partial charge < -0.3 is 10.3 Å². The van der Waals surface area contributed by atoms with Crippen molar-refractivity contribution in [3.63, 3.8) is 0 Å². The van der Waals surface area contributed by atoms with Gasteiger partial charge in [-0.15, -0.1) is 0 Å². The molecule has 3 heteroatoms. The molecular formula is C12H23N3. The summed E-state index contributed by atoms with van der Waals surface area (Å²) < 4.78 is 0. The van der Waals surface area contributed by atoms with Crippen LogP contribution in [0, 0.1) is 6.92 Å². The third kappa shape index (κ3) is 3.78. The molecule has 86 valence electrons. The molecule has 1 aliphatic rings. The second-order valence-electron chi connectivity index (χ2n) is 2.93. The van der Waals surface area contributed by atoms with Crippen LogP contribution >= 0.6 is 0 Å². The van der Waals surface area contributed by atoms with Crippen LogP contribution in [-0.4, -0.2) is 16.5 Å². The van der Waals surface area contributed by atoms with Crippen molar-refractivity contribution < 1.29 is 0 Å². The van der Waals surface area contributed by atoms with Gasteiger partial charge >= 0.3 is 0 Å². The lowest BCUT2D eigenvalue weighted by atomic mass is 10.2. The van der Waals surface area contributed by atoms with Gasteiger partial charge in [0, 0.05) is 6.54 Å². The smallest absolute Gasteiger partial charge is 0.152 e. The summed E-state index contributed by atoms with van der Waals surface area (Å²) >= 11 is 0. The number of nitrogens with one attached hydrogen (secondary N) is 2. The molecule has 0 atom stereocenters. The van der Waals surface area contributed by atoms with E-state index in [4.69, 9.17) is 0 Å². The topological polar surface area (TPSA) is 40.7 Å². The molecule has 2 N–H and O–H groups in total. The Labute approximate surface area is 93.0 Å². The fourth-order valence-corrected chi connectivity index (χ4v) is 1.27. The van der Waals surface area contributed by atoms with E-state index in [9.17, 15) is 0 Å². The van der Waals surface area contributed by atoms with Crippen molar-refractivity contribution in [2.24, 2.45) is 0 Å². The zero-order valence-electron chi connectivity index (χ0n) is 10.7. The summed E-state index contributed by atoms with van der Waals surface area (Å²) in [5, 5.41) is 3.22. The number of hydrogen-bond acceptors (Lipinski definition) is 2. The summed E-state index contributed by atoms with van der Waals surface area (Å²) in [6.45, 7) is 13.0. The molecule has 0 saturated heterocycles. The highest BCUT2D eigenvalue weighted by molar-refractivity contribution is 5.66. The molecule has 0 saturated carbocycles. The number of rotatable bonds is 0. The zero-order chi connectivity index (χ0) is 11.8. The van der Waals surface area contributed by atoms with Gasteiger partial charge in [-0.05, 0) is 19.9 Å². The minimum Gasteiger partial charge on any atom is -0.365 e. The Kier molecular flexibility index (Phi) is 6.50. The van der Waals surface area contributed by atoms with Gasteiger partial charge in [0.25, 0.3) is 0 Å². The maximum Gasteiger partial charge on any atom is 0.152 e. The molecule has 3 nitrogen and oxygen atoms in total. The number of fused-ring (bicyclic) bond motifs is 1. The van der Waals surface area contributed by atoms with Crippen molar-refractivity contribution in [1.82, 2.24) is 9.97 Å². The van der Waals surface area contributed by atoms with E-state index in [0.29, 0.717) is 0 Å². The van der Waals surface area contributed by atoms with E-state index in [0.717, 1.165) is 23.9 Å². The van der Waals surface area contributed by atoms with Gasteiger partial charge in [0.15, 0.2) is 5.82 Å². The van der Waals surface area contributed by atoms with Crippen LogP contribution in [0.4, 0.5) is 5.82 Å². The van der Waals surface area contributed by atoms with Gasteiger partial charge in [0.1, 0.15) is 5.82 Å². The maximum absolute atomic E-state index is 4.27. The highest BCUT2D eigenvalue weighted by Gasteiger charge is 2.09. The number of anilines is 1. The summed E-state index contributed by atoms with van der Waals surface area (Å²) in [6, 6.07) is 0. The van der Waals surface area contributed by atoms with Crippen molar-refractivity contribution in [2.45, 2.75) is 41.5 Å². The highest BCUT2D eigenvalue weighted by Crippen LogP contribution is 2.19. The van der Waals surface area contributed by atoms with Gasteiger partial charge in [0.05, 0.1) is 5.69 Å². The lowest BCUT2D eigenvalue weighted by Crippen LogP contribution is -2.08. The Bertz CT molecular complexity index is 311. The monoisotopic (exact) mass is 209 g/mol. The Hall–Kier alpha value is -1.25. The molecule has 0 aromatic carbocycles. The summed E-state index contributed by atoms with van der Waals surface area (Å²) in [7, 11) is 0. The van der Waals surface area contributed by atoms with E-state index in [1.165, 1.54) is 5.57 Å². The molecule has 2 heterocycles. The van der Waals surface area contributed by atoms with Crippen LogP contribution in [0.25, 0.3) is 6.08 Å². The average molecular weight is 209 g/mol. The molecule has 0 bridgehead atoms. The Balaban J connectivity index is 0.000000442. The largest absolute Gasteiger partial charge is 0.365 e. The van der Waals surface area contributed by atoms with Crippen LogP contribution in [0.5, 0.6) is 0 Å². The third-order valence-electron chi connectivity index (χ3n) is 1.78. The first kappa shape index (κ1) is 13.8. The Morgan fingerprint density at radius 2 is 1.73 bits per heavy atom. The molecule has 0 unspecified atom stereocenters. The lowest BCUT2D eigenvalue weighted by Gasteiger charge is -2.09. The molecular weight excluding hydrogens is 186 g/mol. The number of aromatic nitrogens is 2. The van der Waals surface area contributed by atoms with Crippen molar-refractivity contribution in [2.75, 3.05) is 11.9 Å². The fourth-order valence-electron chi connectivity index (χ4n) is 1.27. The maximum atomic E-state index is 4.27. The average Bonchev–Trinajstić information content (AvgIpc) is 2.63. The van der Waals surface area contributed by atoms with Crippen molar-refractivity contribution in [1.29, 1.82) is 0 Å².